The predicted molar refractivity (Wildman–Crippen MR) is 458 cm³/mol. The second-order valence-electron chi connectivity index (χ2n) is 33.5. The van der Waals surface area contributed by atoms with Gasteiger partial charge in [0.15, 0.2) is 35.3 Å². The molecule has 3 fully saturated rings. The smallest absolute Gasteiger partial charge is 0.330 e. The van der Waals surface area contributed by atoms with Gasteiger partial charge < -0.3 is 167 Å². The molecule has 133 heavy (non-hydrogen) atoms. The Bertz CT molecular complexity index is 5580. The van der Waals surface area contributed by atoms with Crippen LogP contribution in [0.25, 0.3) is 11.1 Å². The number of phenols is 4. The quantitative estimate of drug-likeness (QED) is 0.0480. The first-order valence-electron chi connectivity index (χ1n) is 42.5. The molecule has 7 aromatic carbocycles. The van der Waals surface area contributed by atoms with Crippen LogP contribution in [0, 0.1) is 5.92 Å². The van der Waals surface area contributed by atoms with Gasteiger partial charge in [0, 0.05) is 48.6 Å². The fourth-order valence-corrected chi connectivity index (χ4v) is 17.1. The number of aliphatic carboxylic acids is 1. The third-order valence-electron chi connectivity index (χ3n) is 23.6. The van der Waals surface area contributed by atoms with Crippen molar-refractivity contribution in [3.63, 3.8) is 0 Å². The van der Waals surface area contributed by atoms with E-state index in [-0.39, 0.29) is 39.8 Å². The second-order valence-corrected chi connectivity index (χ2v) is 34.4. The Kier molecular flexibility index (Phi) is 30.0. The van der Waals surface area contributed by atoms with Crippen molar-refractivity contribution in [3.8, 4) is 80.1 Å². The van der Waals surface area contributed by atoms with Crippen LogP contribution in [0.2, 0.25) is 10.0 Å². The number of ether oxygens (including phenoxy) is 9. The number of phenolic OH excluding ortho intramolecular Hbond substituents is 4. The van der Waals surface area contributed by atoms with E-state index in [1.54, 1.807) is 0 Å². The van der Waals surface area contributed by atoms with Gasteiger partial charge in [-0.3, -0.25) is 38.4 Å². The van der Waals surface area contributed by atoms with Crippen molar-refractivity contribution in [1.82, 2.24) is 42.5 Å². The standard InChI is InChI=1S/C89H99Cl2N9O33/c1-34(2)9-7-5-4-6-8-10-61(109)95-69-75(114)72(111)59(32-102)130-88(69)133-79-56-26-41-27-57(79)127-53-18-14-39(24-48(53)91)78(132-87-68(93-35(3)104)74(113)71(110)58(31-101)129-87)70-85(122)99-67(86(123)124)46-29-43(106)30-55(128-89-77(116)76(115)73(112)60(33-103)131-89)62(46)45-23-38(13-15-50(45)107)64(82(119)100-70)97-84(121)66(41)98-83(120)65-40-21-42(105)28-44(22-40)125-54-25-37(12-16-51(54)108)63(92)81(118)94-49(80(117)96-65)20-36-11-17-52(126-56)47(90)19-36/h11-19,21-30,34,49,58-60,63-78,87-89,101-103,105-108,110-116H,4-10,20,31-33,92H2,1-3H3,(H,93,104)(H,94,118)(H,95,109)(H,96,117)(H,97,121)(H,98,120)(H,99,122)(H,100,119)(H,123,124)/t49-,58-,59+,60-,63-,64-,65+,66-,67+,68?,69+,70+,71-,72+,73-,74-,75+,76+,77+,78-,87+,88+,89+/m0/s1. The predicted octanol–water partition coefficient (Wildman–Crippen LogP) is 1.41. The van der Waals surface area contributed by atoms with E-state index in [9.17, 15) is 95.8 Å². The molecule has 17 bridgehead atoms. The summed E-state index contributed by atoms with van der Waals surface area (Å²) in [4.78, 5) is 138. The minimum Gasteiger partial charge on any atom is -0.508 e. The number of carbonyl (C=O) groups excluding carboxylic acids is 8. The molecule has 0 saturated carbocycles. The lowest BCUT2D eigenvalue weighted by atomic mass is 9.89. The Morgan fingerprint density at radius 2 is 1.05 bits per heavy atom. The molecule has 0 aromatic heterocycles. The van der Waals surface area contributed by atoms with Gasteiger partial charge in [-0.25, -0.2) is 4.79 Å². The van der Waals surface area contributed by atoms with E-state index >= 15 is 24.0 Å². The van der Waals surface area contributed by atoms with Crippen LogP contribution >= 0.6 is 23.2 Å². The molecule has 7 aromatic rings. The van der Waals surface area contributed by atoms with E-state index in [4.69, 9.17) is 71.6 Å². The minimum absolute atomic E-state index is 0.0270. The number of nitrogens with two attached hydrogens (primary N) is 1. The van der Waals surface area contributed by atoms with Crippen LogP contribution in [0.1, 0.15) is 141 Å². The molecular formula is C89H99Cl2N9O33. The first kappa shape index (κ1) is 97.0. The molecule has 25 N–H and O–H groups in total. The SMILES string of the molecule is CC(=O)NC1[C@@H](O[C@H]2c3ccc(c(Cl)c3)Oc3cc4cc(c3O[C@H]3O[C@H](CO)[C@@H](O)[C@H](O)[C@H]3NC(=O)CCCCCCCC(C)C)Oc3ccc(cc3Cl)C[C@@H]3NC(=O)[C@@H](N)c5ccc(O)c(c5)Oc5cc(O)cc(c5)[C@@H](NC3=O)C(=O)N[C@@H]4C(=O)N[C@@H]3C(=O)N[C@H]2C(=O)N[C@@H](C(=O)O)c2cc(O)cc(O[C@@H]4O[C@@H](CO)[C@H](O)[C@@H](O)[C@H]4O)c2-c2cc3ccc2O)O[C@@H](CO)[C@H](O)[C@H]1O. The maximum atomic E-state index is 17.0. The fourth-order valence-electron chi connectivity index (χ4n) is 16.6. The van der Waals surface area contributed by atoms with E-state index in [1.165, 1.54) is 30.3 Å². The molecule has 9 aliphatic heterocycles. The van der Waals surface area contributed by atoms with Crippen LogP contribution in [0.3, 0.4) is 0 Å². The zero-order valence-electron chi connectivity index (χ0n) is 71.0. The van der Waals surface area contributed by atoms with Gasteiger partial charge in [-0.05, 0) is 125 Å². The van der Waals surface area contributed by atoms with Gasteiger partial charge in [-0.15, -0.1) is 0 Å². The molecule has 0 radical (unpaired) electrons. The number of unbranched alkanes of at least 4 members (excludes halogenated alkanes) is 4. The van der Waals surface area contributed by atoms with Gasteiger partial charge in [0.1, 0.15) is 156 Å². The number of carboxylic acid groups (broad SMARTS) is 1. The zero-order chi connectivity index (χ0) is 95.6. The molecule has 16 rings (SSSR count). The number of hydrogen-bond donors (Lipinski definition) is 24. The Labute approximate surface area is 766 Å². The molecule has 8 amide bonds. The average Bonchev–Trinajstić information content (AvgIpc) is 0.755. The molecule has 0 aliphatic carbocycles. The van der Waals surface area contributed by atoms with Crippen molar-refractivity contribution in [2.45, 2.75) is 213 Å². The Hall–Kier alpha value is -12.0. The molecule has 9 heterocycles. The van der Waals surface area contributed by atoms with E-state index in [1.807, 2.05) is 0 Å². The van der Waals surface area contributed by atoms with Gasteiger partial charge in [0.05, 0.1) is 29.9 Å². The van der Waals surface area contributed by atoms with Gasteiger partial charge in [-0.1, -0.05) is 93.4 Å². The summed E-state index contributed by atoms with van der Waals surface area (Å²) in [6, 6.07) is 0.677. The highest BCUT2D eigenvalue weighted by molar-refractivity contribution is 6.32. The summed E-state index contributed by atoms with van der Waals surface area (Å²) in [6.45, 7) is 2.03. The van der Waals surface area contributed by atoms with E-state index in [0.29, 0.717) is 18.8 Å². The highest BCUT2D eigenvalue weighted by Crippen LogP contribution is 2.51. The topological polar surface area (TPSA) is 662 Å². The van der Waals surface area contributed by atoms with Crippen LogP contribution < -0.4 is 72.0 Å². The highest BCUT2D eigenvalue weighted by atomic mass is 35.5. The lowest BCUT2D eigenvalue weighted by molar-refractivity contribution is -0.284. The molecule has 3 saturated heterocycles. The van der Waals surface area contributed by atoms with Gasteiger partial charge in [0.2, 0.25) is 65.6 Å². The maximum absolute atomic E-state index is 17.0. The summed E-state index contributed by atoms with van der Waals surface area (Å²) in [6.07, 6.45) is -24.9. The van der Waals surface area contributed by atoms with E-state index in [2.05, 4.69) is 56.4 Å². The summed E-state index contributed by atoms with van der Waals surface area (Å²) in [5, 5.41) is 190. The monoisotopic (exact) mass is 1890 g/mol. The number of hydrogen-bond acceptors (Lipinski definition) is 33. The number of nitrogens with one attached hydrogen (secondary N) is 8. The molecule has 42 nitrogen and oxygen atoms in total. The number of amides is 8. The molecule has 1 unspecified atom stereocenters. The summed E-state index contributed by atoms with van der Waals surface area (Å²) < 4.78 is 57.5. The summed E-state index contributed by atoms with van der Waals surface area (Å²) in [5.41, 5.74) is 2.80. The molecule has 44 heteroatoms. The van der Waals surface area contributed by atoms with Crippen LogP contribution in [-0.4, -0.2) is 254 Å². The highest BCUT2D eigenvalue weighted by Gasteiger charge is 2.52. The number of fused-ring (bicyclic) bond motifs is 14. The van der Waals surface area contributed by atoms with Crippen LogP contribution in [-0.2, 0) is 68.5 Å². The van der Waals surface area contributed by atoms with Gasteiger partial charge in [0.25, 0.3) is 0 Å². The zero-order valence-corrected chi connectivity index (χ0v) is 72.5. The number of aromatic hydroxyl groups is 4. The lowest BCUT2D eigenvalue weighted by Gasteiger charge is -2.44. The third kappa shape index (κ3) is 21.3. The number of rotatable bonds is 20. The second kappa shape index (κ2) is 41.2. The van der Waals surface area contributed by atoms with E-state index < -0.39 is 316 Å². The number of carboxylic acids is 1. The summed E-state index contributed by atoms with van der Waals surface area (Å²) in [5.74, 6) is -19.1. The number of aliphatic hydroxyl groups is 10. The number of halogens is 2. The number of benzene rings is 7. The summed E-state index contributed by atoms with van der Waals surface area (Å²) in [7, 11) is 0. The average molecular weight is 1890 g/mol. The minimum atomic E-state index is -2.59. The van der Waals surface area contributed by atoms with Gasteiger partial charge in [-0.2, -0.15) is 0 Å². The van der Waals surface area contributed by atoms with Crippen molar-refractivity contribution >= 4 is 76.4 Å². The number of carbonyl (C=O) groups is 9. The first-order chi connectivity index (χ1) is 63.4. The molecule has 9 aliphatic rings. The largest absolute Gasteiger partial charge is 0.508 e. The molecular weight excluding hydrogens is 1790 g/mol. The molecule has 23 atom stereocenters. The van der Waals surface area contributed by atoms with Crippen LogP contribution in [0.15, 0.2) is 115 Å². The van der Waals surface area contributed by atoms with Gasteiger partial charge >= 0.3 is 5.97 Å². The fraction of sp³-hybridized carbons (Fsp3) is 0.427. The molecule has 0 spiro atoms. The van der Waals surface area contributed by atoms with Crippen molar-refractivity contribution in [3.05, 3.63) is 164 Å². The Morgan fingerprint density at radius 1 is 0.496 bits per heavy atom. The third-order valence-corrected chi connectivity index (χ3v) is 24.2. The van der Waals surface area contributed by atoms with Crippen LogP contribution in [0.4, 0.5) is 0 Å². The van der Waals surface area contributed by atoms with Crippen LogP contribution in [0.5, 0.6) is 69.0 Å². The lowest BCUT2D eigenvalue weighted by Crippen LogP contribution is -2.65. The Morgan fingerprint density at radius 3 is 1.68 bits per heavy atom. The normalized spacial score (nSPS) is 28.8. The summed E-state index contributed by atoms with van der Waals surface area (Å²) >= 11 is 14.7. The Balaban J connectivity index is 1.03. The van der Waals surface area contributed by atoms with Crippen molar-refractivity contribution in [2.24, 2.45) is 11.7 Å². The van der Waals surface area contributed by atoms with E-state index in [0.717, 1.165) is 118 Å². The first-order valence-corrected chi connectivity index (χ1v) is 43.2. The van der Waals surface area contributed by atoms with Crippen molar-refractivity contribution in [1.29, 1.82) is 0 Å². The van der Waals surface area contributed by atoms with Crippen molar-refractivity contribution < 1.29 is 162 Å². The van der Waals surface area contributed by atoms with Crippen molar-refractivity contribution in [2.75, 3.05) is 19.8 Å². The molecule has 712 valence electrons. The number of aliphatic hydroxyl groups excluding tert-OH is 10. The maximum Gasteiger partial charge on any atom is 0.330 e.